The number of nitrogens with two attached hydrogens (primary N) is 1. The van der Waals surface area contributed by atoms with Crippen LogP contribution in [0.25, 0.3) is 0 Å². The molecule has 94 valence electrons. The molecule has 0 saturated carbocycles. The van der Waals surface area contributed by atoms with Crippen molar-refractivity contribution in [3.63, 3.8) is 0 Å². The molecule has 2 rings (SSSR count). The van der Waals surface area contributed by atoms with Gasteiger partial charge in [0.05, 0.1) is 11.4 Å². The third kappa shape index (κ3) is 2.87. The SMILES string of the molecule is Cc1cc(Br)cc(C)c1Nc1ccc(Br)cc1N. The Kier molecular flexibility index (Phi) is 3.97. The van der Waals surface area contributed by atoms with Gasteiger partial charge in [-0.2, -0.15) is 0 Å². The van der Waals surface area contributed by atoms with Gasteiger partial charge in [-0.3, -0.25) is 0 Å². The van der Waals surface area contributed by atoms with Crippen LogP contribution in [0.2, 0.25) is 0 Å². The van der Waals surface area contributed by atoms with Gasteiger partial charge in [0.1, 0.15) is 0 Å². The van der Waals surface area contributed by atoms with Gasteiger partial charge in [-0.1, -0.05) is 31.9 Å². The lowest BCUT2D eigenvalue weighted by Crippen LogP contribution is -1.99. The van der Waals surface area contributed by atoms with E-state index in [0.29, 0.717) is 0 Å². The van der Waals surface area contributed by atoms with Crippen molar-refractivity contribution in [1.29, 1.82) is 0 Å². The first-order valence-corrected chi connectivity index (χ1v) is 7.15. The Labute approximate surface area is 124 Å². The van der Waals surface area contributed by atoms with Crippen molar-refractivity contribution in [2.75, 3.05) is 11.1 Å². The minimum absolute atomic E-state index is 0.728. The molecule has 4 heteroatoms. The Hall–Kier alpha value is -1.00. The Morgan fingerprint density at radius 3 is 2.11 bits per heavy atom. The summed E-state index contributed by atoms with van der Waals surface area (Å²) in [5.41, 5.74) is 11.1. The van der Waals surface area contributed by atoms with E-state index in [4.69, 9.17) is 5.73 Å². The lowest BCUT2D eigenvalue weighted by Gasteiger charge is -2.15. The molecule has 2 aromatic carbocycles. The summed E-state index contributed by atoms with van der Waals surface area (Å²) in [6.45, 7) is 4.16. The highest BCUT2D eigenvalue weighted by Gasteiger charge is 2.06. The van der Waals surface area contributed by atoms with Gasteiger partial charge in [-0.05, 0) is 55.3 Å². The summed E-state index contributed by atoms with van der Waals surface area (Å²) in [5, 5.41) is 3.40. The molecule has 0 aliphatic rings. The van der Waals surface area contributed by atoms with Crippen LogP contribution in [0.5, 0.6) is 0 Å². The second-order valence-corrected chi connectivity index (χ2v) is 6.10. The zero-order valence-corrected chi connectivity index (χ0v) is 13.4. The summed E-state index contributed by atoms with van der Waals surface area (Å²) >= 11 is 6.90. The number of hydrogen-bond acceptors (Lipinski definition) is 2. The molecule has 0 spiro atoms. The summed E-state index contributed by atoms with van der Waals surface area (Å²) in [4.78, 5) is 0. The summed E-state index contributed by atoms with van der Waals surface area (Å²) in [6, 6.07) is 10.0. The first-order chi connectivity index (χ1) is 8.47. The summed E-state index contributed by atoms with van der Waals surface area (Å²) in [7, 11) is 0. The maximum absolute atomic E-state index is 6.00. The van der Waals surface area contributed by atoms with Gasteiger partial charge < -0.3 is 11.1 Å². The van der Waals surface area contributed by atoms with Crippen molar-refractivity contribution in [3.8, 4) is 0 Å². The number of benzene rings is 2. The van der Waals surface area contributed by atoms with E-state index in [1.54, 1.807) is 0 Å². The predicted octanol–water partition coefficient (Wildman–Crippen LogP) is 5.15. The molecule has 18 heavy (non-hydrogen) atoms. The van der Waals surface area contributed by atoms with Gasteiger partial charge >= 0.3 is 0 Å². The number of rotatable bonds is 2. The maximum Gasteiger partial charge on any atom is 0.0618 e. The van der Waals surface area contributed by atoms with Crippen LogP contribution >= 0.6 is 31.9 Å². The molecule has 0 aromatic heterocycles. The molecule has 0 heterocycles. The van der Waals surface area contributed by atoms with Crippen LogP contribution in [-0.2, 0) is 0 Å². The lowest BCUT2D eigenvalue weighted by molar-refractivity contribution is 1.34. The van der Waals surface area contributed by atoms with Crippen LogP contribution in [-0.4, -0.2) is 0 Å². The standard InChI is InChI=1S/C14H14Br2N2/c1-8-5-11(16)6-9(2)14(8)18-13-4-3-10(15)7-12(13)17/h3-7,18H,17H2,1-2H3. The average molecular weight is 370 g/mol. The second-order valence-electron chi connectivity index (χ2n) is 4.27. The molecule has 0 bridgehead atoms. The lowest BCUT2D eigenvalue weighted by atomic mass is 10.1. The van der Waals surface area contributed by atoms with Crippen molar-refractivity contribution < 1.29 is 0 Å². The number of anilines is 3. The minimum Gasteiger partial charge on any atom is -0.397 e. The number of halogens is 2. The van der Waals surface area contributed by atoms with E-state index < -0.39 is 0 Å². The van der Waals surface area contributed by atoms with E-state index in [2.05, 4.69) is 63.2 Å². The fourth-order valence-electron chi connectivity index (χ4n) is 1.89. The summed E-state index contributed by atoms with van der Waals surface area (Å²) in [5.74, 6) is 0. The van der Waals surface area contributed by atoms with Crippen LogP contribution in [0.15, 0.2) is 39.3 Å². The number of aryl methyl sites for hydroxylation is 2. The molecular weight excluding hydrogens is 356 g/mol. The van der Waals surface area contributed by atoms with Gasteiger partial charge in [0.25, 0.3) is 0 Å². The number of nitrogens with one attached hydrogen (secondary N) is 1. The van der Waals surface area contributed by atoms with E-state index >= 15 is 0 Å². The molecule has 0 atom stereocenters. The molecule has 0 aliphatic carbocycles. The van der Waals surface area contributed by atoms with Gasteiger partial charge in [-0.15, -0.1) is 0 Å². The normalized spacial score (nSPS) is 10.4. The molecule has 2 nitrogen and oxygen atoms in total. The van der Waals surface area contributed by atoms with Crippen LogP contribution in [0.4, 0.5) is 17.1 Å². The molecule has 0 saturated heterocycles. The van der Waals surface area contributed by atoms with Crippen molar-refractivity contribution in [2.45, 2.75) is 13.8 Å². The van der Waals surface area contributed by atoms with Crippen LogP contribution in [0.3, 0.4) is 0 Å². The smallest absolute Gasteiger partial charge is 0.0618 e. The van der Waals surface area contributed by atoms with Crippen LogP contribution < -0.4 is 11.1 Å². The largest absolute Gasteiger partial charge is 0.397 e. The number of hydrogen-bond donors (Lipinski definition) is 2. The van der Waals surface area contributed by atoms with E-state index in [1.807, 2.05) is 18.2 Å². The average Bonchev–Trinajstić information content (AvgIpc) is 2.25. The van der Waals surface area contributed by atoms with Crippen molar-refractivity contribution in [2.24, 2.45) is 0 Å². The zero-order valence-electron chi connectivity index (χ0n) is 10.2. The first-order valence-electron chi connectivity index (χ1n) is 5.56. The van der Waals surface area contributed by atoms with Gasteiger partial charge in [0, 0.05) is 14.6 Å². The summed E-state index contributed by atoms with van der Waals surface area (Å²) < 4.78 is 2.07. The molecule has 3 N–H and O–H groups in total. The van der Waals surface area contributed by atoms with E-state index in [9.17, 15) is 0 Å². The minimum atomic E-state index is 0.728. The van der Waals surface area contributed by atoms with Gasteiger partial charge in [0.2, 0.25) is 0 Å². The first kappa shape index (κ1) is 13.4. The van der Waals surface area contributed by atoms with E-state index in [0.717, 1.165) is 26.0 Å². The molecule has 2 aromatic rings. The Morgan fingerprint density at radius 2 is 1.56 bits per heavy atom. The molecule has 0 amide bonds. The molecule has 0 unspecified atom stereocenters. The second kappa shape index (κ2) is 5.33. The quantitative estimate of drug-likeness (QED) is 0.718. The zero-order chi connectivity index (χ0) is 13.3. The fraction of sp³-hybridized carbons (Fsp3) is 0.143. The topological polar surface area (TPSA) is 38.0 Å². The highest BCUT2D eigenvalue weighted by molar-refractivity contribution is 9.10. The fourth-order valence-corrected chi connectivity index (χ4v) is 2.96. The van der Waals surface area contributed by atoms with E-state index in [-0.39, 0.29) is 0 Å². The third-order valence-electron chi connectivity index (χ3n) is 2.77. The summed E-state index contributed by atoms with van der Waals surface area (Å²) in [6.07, 6.45) is 0. The Morgan fingerprint density at radius 1 is 0.944 bits per heavy atom. The molecule has 0 aliphatic heterocycles. The Bertz CT molecular complexity index is 571. The van der Waals surface area contributed by atoms with Crippen molar-refractivity contribution in [3.05, 3.63) is 50.4 Å². The monoisotopic (exact) mass is 368 g/mol. The van der Waals surface area contributed by atoms with Gasteiger partial charge in [0.15, 0.2) is 0 Å². The molecule has 0 radical (unpaired) electrons. The van der Waals surface area contributed by atoms with Crippen LogP contribution in [0.1, 0.15) is 11.1 Å². The highest BCUT2D eigenvalue weighted by atomic mass is 79.9. The number of nitrogen functional groups attached to an aromatic ring is 1. The van der Waals surface area contributed by atoms with Crippen LogP contribution in [0, 0.1) is 13.8 Å². The molecular formula is C14H14Br2N2. The van der Waals surface area contributed by atoms with Crippen molar-refractivity contribution in [1.82, 2.24) is 0 Å². The maximum atomic E-state index is 6.00. The third-order valence-corrected chi connectivity index (χ3v) is 3.72. The molecule has 0 fully saturated rings. The van der Waals surface area contributed by atoms with Crippen molar-refractivity contribution >= 4 is 48.9 Å². The Balaban J connectivity index is 2.40. The highest BCUT2D eigenvalue weighted by Crippen LogP contribution is 2.31. The van der Waals surface area contributed by atoms with Gasteiger partial charge in [-0.25, -0.2) is 0 Å². The van der Waals surface area contributed by atoms with E-state index in [1.165, 1.54) is 11.1 Å². The predicted molar refractivity (Wildman–Crippen MR) is 85.5 cm³/mol.